The average Bonchev–Trinajstić information content (AvgIpc) is 3.12. The van der Waals surface area contributed by atoms with Crippen LogP contribution in [0.3, 0.4) is 0 Å². The highest BCUT2D eigenvalue weighted by molar-refractivity contribution is 5.81. The first-order valence-corrected chi connectivity index (χ1v) is 9.80. The van der Waals surface area contributed by atoms with Crippen molar-refractivity contribution < 1.29 is 13.6 Å². The molecule has 0 aliphatic carbocycles. The van der Waals surface area contributed by atoms with Crippen molar-refractivity contribution >= 4 is 11.6 Å². The van der Waals surface area contributed by atoms with Crippen molar-refractivity contribution in [3.63, 3.8) is 0 Å². The van der Waals surface area contributed by atoms with Crippen molar-refractivity contribution in [2.45, 2.75) is 45.1 Å². The van der Waals surface area contributed by atoms with E-state index in [0.29, 0.717) is 18.2 Å². The molecule has 0 spiro atoms. The maximum absolute atomic E-state index is 13.4. The van der Waals surface area contributed by atoms with Gasteiger partial charge in [0.2, 0.25) is 5.91 Å². The Hall–Kier alpha value is -1.69. The van der Waals surface area contributed by atoms with Gasteiger partial charge in [0, 0.05) is 31.4 Å². The van der Waals surface area contributed by atoms with Gasteiger partial charge in [-0.05, 0) is 56.8 Å². The number of carbonyl (C=O) groups excluding carboxylic acids is 1. The highest BCUT2D eigenvalue weighted by Crippen LogP contribution is 2.25. The van der Waals surface area contributed by atoms with E-state index in [0.717, 1.165) is 51.9 Å². The lowest BCUT2D eigenvalue weighted by atomic mass is 10.0. The Bertz CT molecular complexity index is 623. The molecule has 0 bridgehead atoms. The predicted molar refractivity (Wildman–Crippen MR) is 99.2 cm³/mol. The topological polar surface area (TPSA) is 35.6 Å². The summed E-state index contributed by atoms with van der Waals surface area (Å²) in [6, 6.07) is 4.04. The molecule has 4 nitrogen and oxygen atoms in total. The number of piperidine rings is 1. The van der Waals surface area contributed by atoms with Crippen LogP contribution in [0, 0.1) is 17.6 Å². The number of hydrogen-bond donors (Lipinski definition) is 1. The van der Waals surface area contributed by atoms with E-state index in [9.17, 15) is 13.6 Å². The van der Waals surface area contributed by atoms with Crippen molar-refractivity contribution in [2.24, 2.45) is 5.92 Å². The van der Waals surface area contributed by atoms with E-state index in [1.54, 1.807) is 6.07 Å². The summed E-state index contributed by atoms with van der Waals surface area (Å²) in [6.45, 7) is 6.35. The van der Waals surface area contributed by atoms with E-state index in [-0.39, 0.29) is 11.9 Å². The van der Waals surface area contributed by atoms with Crippen molar-refractivity contribution in [1.82, 2.24) is 10.2 Å². The minimum absolute atomic E-state index is 0.00685. The molecule has 2 aliphatic heterocycles. The molecule has 0 aromatic heterocycles. The number of carbonyl (C=O) groups is 1. The van der Waals surface area contributed by atoms with E-state index in [1.165, 1.54) is 18.6 Å². The molecule has 1 aromatic carbocycles. The van der Waals surface area contributed by atoms with Gasteiger partial charge in [0.05, 0.1) is 6.04 Å². The van der Waals surface area contributed by atoms with E-state index >= 15 is 0 Å². The van der Waals surface area contributed by atoms with E-state index in [4.69, 9.17) is 0 Å². The number of amides is 1. The second-order valence-electron chi connectivity index (χ2n) is 7.49. The summed E-state index contributed by atoms with van der Waals surface area (Å²) in [7, 11) is 0. The fourth-order valence-electron chi connectivity index (χ4n) is 4.12. The van der Waals surface area contributed by atoms with Crippen LogP contribution in [0.25, 0.3) is 0 Å². The number of anilines is 1. The largest absolute Gasteiger partial charge is 0.371 e. The van der Waals surface area contributed by atoms with Crippen LogP contribution in [-0.4, -0.2) is 49.6 Å². The minimum atomic E-state index is -0.819. The molecule has 1 N–H and O–H groups in total. The summed E-state index contributed by atoms with van der Waals surface area (Å²) in [5.74, 6) is -1.15. The van der Waals surface area contributed by atoms with Gasteiger partial charge < -0.3 is 10.2 Å². The lowest BCUT2D eigenvalue weighted by molar-refractivity contribution is -0.127. The van der Waals surface area contributed by atoms with Crippen molar-refractivity contribution in [3.05, 3.63) is 29.8 Å². The normalized spacial score (nSPS) is 24.0. The lowest BCUT2D eigenvalue weighted by Crippen LogP contribution is -2.50. The van der Waals surface area contributed by atoms with E-state index in [2.05, 4.69) is 22.0 Å². The van der Waals surface area contributed by atoms with Gasteiger partial charge in [0.15, 0.2) is 11.6 Å². The fraction of sp³-hybridized carbons (Fsp3) is 0.650. The van der Waals surface area contributed by atoms with Crippen LogP contribution < -0.4 is 10.2 Å². The van der Waals surface area contributed by atoms with Gasteiger partial charge in [-0.15, -0.1) is 0 Å². The van der Waals surface area contributed by atoms with Crippen LogP contribution >= 0.6 is 0 Å². The van der Waals surface area contributed by atoms with Gasteiger partial charge in [0.1, 0.15) is 0 Å². The molecular weight excluding hydrogens is 336 g/mol. The highest BCUT2D eigenvalue weighted by atomic mass is 19.2. The van der Waals surface area contributed by atoms with E-state index < -0.39 is 11.6 Å². The summed E-state index contributed by atoms with van der Waals surface area (Å²) in [5, 5.41) is 3.13. The van der Waals surface area contributed by atoms with Crippen LogP contribution in [0.2, 0.25) is 0 Å². The Morgan fingerprint density at radius 3 is 2.81 bits per heavy atom. The summed E-state index contributed by atoms with van der Waals surface area (Å²) in [6.07, 6.45) is 5.25. The number of nitrogens with one attached hydrogen (secondary N) is 1. The maximum Gasteiger partial charge on any atom is 0.237 e. The Morgan fingerprint density at radius 1 is 1.19 bits per heavy atom. The molecule has 2 fully saturated rings. The second-order valence-corrected chi connectivity index (χ2v) is 7.49. The Labute approximate surface area is 154 Å². The van der Waals surface area contributed by atoms with Crippen LogP contribution in [-0.2, 0) is 4.79 Å². The molecule has 2 saturated heterocycles. The molecule has 1 aromatic rings. The molecule has 1 amide bonds. The molecule has 0 saturated carbocycles. The molecule has 3 rings (SSSR count). The number of likely N-dealkylation sites (tertiary alicyclic amines) is 1. The van der Waals surface area contributed by atoms with Gasteiger partial charge in [-0.1, -0.05) is 13.3 Å². The Balaban J connectivity index is 1.49. The second kappa shape index (κ2) is 8.80. The minimum Gasteiger partial charge on any atom is -0.371 e. The van der Waals surface area contributed by atoms with Gasteiger partial charge in [-0.3, -0.25) is 9.69 Å². The first-order valence-electron chi connectivity index (χ1n) is 9.80. The quantitative estimate of drug-likeness (QED) is 0.841. The number of rotatable bonds is 6. The monoisotopic (exact) mass is 365 g/mol. The Morgan fingerprint density at radius 2 is 2.04 bits per heavy atom. The zero-order valence-electron chi connectivity index (χ0n) is 15.5. The van der Waals surface area contributed by atoms with Gasteiger partial charge in [-0.25, -0.2) is 8.78 Å². The maximum atomic E-state index is 13.4. The first-order chi connectivity index (χ1) is 12.6. The molecule has 26 heavy (non-hydrogen) atoms. The molecule has 0 radical (unpaired) electrons. The molecule has 2 atom stereocenters. The Kier molecular flexibility index (Phi) is 6.46. The first kappa shape index (κ1) is 19.1. The third kappa shape index (κ3) is 4.53. The van der Waals surface area contributed by atoms with Gasteiger partial charge in [0.25, 0.3) is 0 Å². The van der Waals surface area contributed by atoms with Crippen LogP contribution in [0.4, 0.5) is 14.5 Å². The third-order valence-electron chi connectivity index (χ3n) is 5.55. The number of hydrogen-bond acceptors (Lipinski definition) is 3. The summed E-state index contributed by atoms with van der Waals surface area (Å²) in [4.78, 5) is 17.0. The molecule has 2 aliphatic rings. The van der Waals surface area contributed by atoms with Crippen LogP contribution in [0.15, 0.2) is 18.2 Å². The third-order valence-corrected chi connectivity index (χ3v) is 5.55. The SMILES string of the molecule is CCCN1CCCC[C@H]1C(=O)NC[C@@H]1CCN(c2ccc(F)c(F)c2)C1. The van der Waals surface area contributed by atoms with Crippen molar-refractivity contribution in [1.29, 1.82) is 0 Å². The lowest BCUT2D eigenvalue weighted by Gasteiger charge is -2.34. The summed E-state index contributed by atoms with van der Waals surface area (Å²) >= 11 is 0. The zero-order valence-corrected chi connectivity index (χ0v) is 15.5. The highest BCUT2D eigenvalue weighted by Gasteiger charge is 2.29. The number of halogens is 2. The number of benzene rings is 1. The van der Waals surface area contributed by atoms with Gasteiger partial charge in [-0.2, -0.15) is 0 Å². The predicted octanol–water partition coefficient (Wildman–Crippen LogP) is 3.17. The molecule has 0 unspecified atom stereocenters. The fourth-order valence-corrected chi connectivity index (χ4v) is 4.12. The zero-order chi connectivity index (χ0) is 18.5. The smallest absolute Gasteiger partial charge is 0.237 e. The average molecular weight is 365 g/mol. The van der Waals surface area contributed by atoms with E-state index in [1.807, 2.05) is 0 Å². The summed E-state index contributed by atoms with van der Waals surface area (Å²) < 4.78 is 26.5. The molecule has 144 valence electrons. The van der Waals surface area contributed by atoms with Crippen LogP contribution in [0.5, 0.6) is 0 Å². The van der Waals surface area contributed by atoms with Gasteiger partial charge >= 0.3 is 0 Å². The molecule has 2 heterocycles. The molecular formula is C20H29F2N3O. The standard InChI is InChI=1S/C20H29F2N3O/c1-2-9-24-10-4-3-5-19(24)20(26)23-13-15-8-11-25(14-15)16-6-7-17(21)18(22)12-16/h6-7,12,15,19H,2-5,8-11,13-14H2,1H3,(H,23,26)/t15-,19-/m0/s1. The van der Waals surface area contributed by atoms with Crippen molar-refractivity contribution in [3.8, 4) is 0 Å². The van der Waals surface area contributed by atoms with Crippen molar-refractivity contribution in [2.75, 3.05) is 37.6 Å². The molecule has 6 heteroatoms. The van der Waals surface area contributed by atoms with Crippen LogP contribution in [0.1, 0.15) is 39.0 Å². The summed E-state index contributed by atoms with van der Waals surface area (Å²) in [5.41, 5.74) is 0.708. The number of nitrogens with zero attached hydrogens (tertiary/aromatic N) is 2.